The zero-order valence-corrected chi connectivity index (χ0v) is 6.29. The van der Waals surface area contributed by atoms with E-state index in [2.05, 4.69) is 0 Å². The molecular weight excluding hydrogens is 146 g/mol. The number of hydrogen-bond acceptors (Lipinski definition) is 3. The summed E-state index contributed by atoms with van der Waals surface area (Å²) in [6.45, 7) is 0. The molecule has 1 fully saturated rings. The summed E-state index contributed by atoms with van der Waals surface area (Å²) in [4.78, 5) is 10.1. The van der Waals surface area contributed by atoms with E-state index in [0.29, 0.717) is 19.3 Å². The van der Waals surface area contributed by atoms with Gasteiger partial charge in [-0.1, -0.05) is 0 Å². The largest absolute Gasteiger partial charge is 0.481 e. The van der Waals surface area contributed by atoms with Crippen molar-refractivity contribution in [3.8, 4) is 0 Å². The van der Waals surface area contributed by atoms with Crippen LogP contribution in [0.4, 0.5) is 0 Å². The highest BCUT2D eigenvalue weighted by atomic mass is 16.4. The fourth-order valence-electron chi connectivity index (χ4n) is 1.46. The molecule has 0 bridgehead atoms. The Kier molecular flexibility index (Phi) is 2.15. The molecule has 0 unspecified atom stereocenters. The van der Waals surface area contributed by atoms with Crippen molar-refractivity contribution in [2.75, 3.05) is 0 Å². The van der Waals surface area contributed by atoms with E-state index in [1.165, 1.54) is 0 Å². The number of carboxylic acid groups (broad SMARTS) is 1. The fourth-order valence-corrected chi connectivity index (χ4v) is 1.46. The lowest BCUT2D eigenvalue weighted by molar-refractivity contribution is -0.140. The molecule has 0 saturated heterocycles. The van der Waals surface area contributed by atoms with Crippen molar-refractivity contribution in [1.82, 2.24) is 0 Å². The Labute approximate surface area is 65.0 Å². The Hall–Kier alpha value is -0.610. The third kappa shape index (κ3) is 2.17. The lowest BCUT2D eigenvalue weighted by atomic mass is 9.73. The van der Waals surface area contributed by atoms with Gasteiger partial charge in [0.15, 0.2) is 0 Å². The van der Waals surface area contributed by atoms with Gasteiger partial charge in [-0.25, -0.2) is 0 Å². The summed E-state index contributed by atoms with van der Waals surface area (Å²) in [5, 5.41) is 17.8. The van der Waals surface area contributed by atoms with E-state index in [0.717, 1.165) is 0 Å². The summed E-state index contributed by atoms with van der Waals surface area (Å²) in [6, 6.07) is 0.0637. The second kappa shape index (κ2) is 2.79. The molecular formula is C7H13NO3. The molecule has 11 heavy (non-hydrogen) atoms. The number of rotatable bonds is 3. The van der Waals surface area contributed by atoms with Crippen molar-refractivity contribution in [2.45, 2.75) is 37.3 Å². The molecule has 0 spiro atoms. The molecule has 0 heterocycles. The molecule has 4 heteroatoms. The van der Waals surface area contributed by atoms with E-state index in [9.17, 15) is 9.90 Å². The van der Waals surface area contributed by atoms with E-state index < -0.39 is 11.6 Å². The molecule has 1 rings (SSSR count). The number of hydrogen-bond donors (Lipinski definition) is 3. The van der Waals surface area contributed by atoms with Crippen LogP contribution in [0.15, 0.2) is 0 Å². The van der Waals surface area contributed by atoms with Gasteiger partial charge < -0.3 is 15.9 Å². The van der Waals surface area contributed by atoms with Crippen LogP contribution in [0, 0.1) is 0 Å². The molecule has 0 aromatic carbocycles. The third-order valence-electron chi connectivity index (χ3n) is 2.09. The molecule has 0 amide bonds. The third-order valence-corrected chi connectivity index (χ3v) is 2.09. The van der Waals surface area contributed by atoms with E-state index in [4.69, 9.17) is 10.8 Å². The molecule has 0 aromatic rings. The normalized spacial score (nSPS) is 36.4. The van der Waals surface area contributed by atoms with Crippen LogP contribution in [0.5, 0.6) is 0 Å². The van der Waals surface area contributed by atoms with E-state index in [-0.39, 0.29) is 12.5 Å². The van der Waals surface area contributed by atoms with Gasteiger partial charge in [0.25, 0.3) is 0 Å². The smallest absolute Gasteiger partial charge is 0.303 e. The van der Waals surface area contributed by atoms with Gasteiger partial charge in [-0.3, -0.25) is 4.79 Å². The standard InChI is InChI=1S/C7H13NO3/c8-5-3-7(11,4-5)2-1-6(9)10/h5,11H,1-4,8H2,(H,9,10). The van der Waals surface area contributed by atoms with E-state index in [1.807, 2.05) is 0 Å². The zero-order valence-electron chi connectivity index (χ0n) is 6.29. The summed E-state index contributed by atoms with van der Waals surface area (Å²) in [7, 11) is 0. The van der Waals surface area contributed by atoms with Crippen molar-refractivity contribution >= 4 is 5.97 Å². The first-order chi connectivity index (χ1) is 5.02. The molecule has 0 aromatic heterocycles. The van der Waals surface area contributed by atoms with E-state index >= 15 is 0 Å². The molecule has 1 saturated carbocycles. The van der Waals surface area contributed by atoms with Crippen LogP contribution >= 0.6 is 0 Å². The van der Waals surface area contributed by atoms with Crippen LogP contribution in [0.1, 0.15) is 25.7 Å². The lowest BCUT2D eigenvalue weighted by Gasteiger charge is -2.41. The van der Waals surface area contributed by atoms with Gasteiger partial charge in [-0.2, -0.15) is 0 Å². The lowest BCUT2D eigenvalue weighted by Crippen LogP contribution is -2.51. The molecule has 0 aliphatic heterocycles. The van der Waals surface area contributed by atoms with E-state index in [1.54, 1.807) is 0 Å². The van der Waals surface area contributed by atoms with Gasteiger partial charge in [-0.05, 0) is 19.3 Å². The minimum absolute atomic E-state index is 0.0310. The molecule has 0 atom stereocenters. The average molecular weight is 159 g/mol. The molecule has 0 radical (unpaired) electrons. The maximum atomic E-state index is 10.1. The maximum Gasteiger partial charge on any atom is 0.303 e. The molecule has 1 aliphatic carbocycles. The maximum absolute atomic E-state index is 10.1. The van der Waals surface area contributed by atoms with Crippen LogP contribution in [-0.2, 0) is 4.79 Å². The van der Waals surface area contributed by atoms with Crippen molar-refractivity contribution in [3.63, 3.8) is 0 Å². The van der Waals surface area contributed by atoms with Crippen LogP contribution in [0.2, 0.25) is 0 Å². The summed E-state index contributed by atoms with van der Waals surface area (Å²) in [6.07, 6.45) is 1.44. The van der Waals surface area contributed by atoms with Crippen LogP contribution in [-0.4, -0.2) is 27.8 Å². The van der Waals surface area contributed by atoms with Crippen molar-refractivity contribution in [3.05, 3.63) is 0 Å². The highest BCUT2D eigenvalue weighted by Gasteiger charge is 2.40. The molecule has 64 valence electrons. The molecule has 1 aliphatic rings. The summed E-state index contributed by atoms with van der Waals surface area (Å²) in [5.74, 6) is -0.862. The van der Waals surface area contributed by atoms with Gasteiger partial charge in [0, 0.05) is 12.5 Å². The fraction of sp³-hybridized carbons (Fsp3) is 0.857. The van der Waals surface area contributed by atoms with Crippen LogP contribution < -0.4 is 5.73 Å². The summed E-state index contributed by atoms with van der Waals surface area (Å²) < 4.78 is 0. The molecule has 4 N–H and O–H groups in total. The monoisotopic (exact) mass is 159 g/mol. The number of aliphatic hydroxyl groups is 1. The average Bonchev–Trinajstić information content (AvgIpc) is 1.81. The number of carboxylic acids is 1. The minimum atomic E-state index is -0.862. The quantitative estimate of drug-likeness (QED) is 0.528. The van der Waals surface area contributed by atoms with Gasteiger partial charge in [0.1, 0.15) is 0 Å². The van der Waals surface area contributed by atoms with Crippen LogP contribution in [0.25, 0.3) is 0 Å². The topological polar surface area (TPSA) is 83.5 Å². The number of aliphatic carboxylic acids is 1. The Bertz CT molecular complexity index is 163. The van der Waals surface area contributed by atoms with Crippen molar-refractivity contribution in [2.24, 2.45) is 5.73 Å². The zero-order chi connectivity index (χ0) is 8.48. The van der Waals surface area contributed by atoms with Crippen LogP contribution in [0.3, 0.4) is 0 Å². The van der Waals surface area contributed by atoms with Gasteiger partial charge in [0.05, 0.1) is 5.60 Å². The first kappa shape index (κ1) is 8.49. The second-order valence-electron chi connectivity index (χ2n) is 3.29. The van der Waals surface area contributed by atoms with Crippen molar-refractivity contribution in [1.29, 1.82) is 0 Å². The Balaban J connectivity index is 2.21. The Morgan fingerprint density at radius 1 is 1.64 bits per heavy atom. The van der Waals surface area contributed by atoms with Gasteiger partial charge in [-0.15, -0.1) is 0 Å². The summed E-state index contributed by atoms with van der Waals surface area (Å²) >= 11 is 0. The predicted octanol–water partition coefficient (Wildman–Crippen LogP) is -0.297. The van der Waals surface area contributed by atoms with Gasteiger partial charge in [0.2, 0.25) is 0 Å². The number of nitrogens with two attached hydrogens (primary N) is 1. The molecule has 4 nitrogen and oxygen atoms in total. The predicted molar refractivity (Wildman–Crippen MR) is 39.0 cm³/mol. The number of carbonyl (C=O) groups is 1. The first-order valence-corrected chi connectivity index (χ1v) is 3.72. The second-order valence-corrected chi connectivity index (χ2v) is 3.29. The highest BCUT2D eigenvalue weighted by molar-refractivity contribution is 5.66. The minimum Gasteiger partial charge on any atom is -0.481 e. The van der Waals surface area contributed by atoms with Gasteiger partial charge >= 0.3 is 5.97 Å². The summed E-state index contributed by atoms with van der Waals surface area (Å²) in [5.41, 5.74) is 4.67. The van der Waals surface area contributed by atoms with Crippen molar-refractivity contribution < 1.29 is 15.0 Å². The first-order valence-electron chi connectivity index (χ1n) is 3.72. The Morgan fingerprint density at radius 3 is 2.55 bits per heavy atom. The SMILES string of the molecule is NC1CC(O)(CCC(=O)O)C1. The Morgan fingerprint density at radius 2 is 2.18 bits per heavy atom. The highest BCUT2D eigenvalue weighted by Crippen LogP contribution is 2.34.